The molecule has 0 bridgehead atoms. The Kier molecular flexibility index (Phi) is 4.42. The van der Waals surface area contributed by atoms with Crippen LogP contribution in [0.25, 0.3) is 0 Å². The summed E-state index contributed by atoms with van der Waals surface area (Å²) >= 11 is 0. The van der Waals surface area contributed by atoms with Crippen molar-refractivity contribution < 1.29 is 9.53 Å². The molecule has 0 N–H and O–H groups in total. The Morgan fingerprint density at radius 2 is 1.41 bits per heavy atom. The molecule has 0 spiro atoms. The molecule has 22 heavy (non-hydrogen) atoms. The number of nitrogens with zero attached hydrogens (tertiary/aromatic N) is 1. The molecular weight excluding hydrogens is 274 g/mol. The highest BCUT2D eigenvalue weighted by molar-refractivity contribution is 5.68. The normalized spacial score (nSPS) is 20.9. The first-order valence-electron chi connectivity index (χ1n) is 7.81. The lowest BCUT2D eigenvalue weighted by Crippen LogP contribution is -2.29. The standard InChI is InChI=1S/C19H21NO2/c1-2-22-19(21)20-13-17(15-9-5-3-6-10-15)18(14-20)16-11-7-4-8-12-16/h3-12,17-18H,2,13-14H2,1H3/t17-,18-/m1/s1. The predicted octanol–water partition coefficient (Wildman–Crippen LogP) is 4.03. The fourth-order valence-electron chi connectivity index (χ4n) is 3.24. The average Bonchev–Trinajstić information content (AvgIpc) is 3.02. The van der Waals surface area contributed by atoms with Gasteiger partial charge in [0.15, 0.2) is 0 Å². The van der Waals surface area contributed by atoms with Gasteiger partial charge in [-0.25, -0.2) is 4.79 Å². The van der Waals surface area contributed by atoms with Crippen molar-refractivity contribution >= 4 is 6.09 Å². The molecule has 0 radical (unpaired) electrons. The van der Waals surface area contributed by atoms with Gasteiger partial charge in [0, 0.05) is 24.9 Å². The van der Waals surface area contributed by atoms with Crippen LogP contribution >= 0.6 is 0 Å². The van der Waals surface area contributed by atoms with E-state index < -0.39 is 0 Å². The molecule has 1 heterocycles. The molecule has 1 aliphatic rings. The molecule has 1 saturated heterocycles. The summed E-state index contributed by atoms with van der Waals surface area (Å²) in [6.07, 6.45) is -0.207. The monoisotopic (exact) mass is 295 g/mol. The Balaban J connectivity index is 1.89. The third-order valence-corrected chi connectivity index (χ3v) is 4.30. The van der Waals surface area contributed by atoms with Crippen molar-refractivity contribution in [2.45, 2.75) is 18.8 Å². The summed E-state index contributed by atoms with van der Waals surface area (Å²) in [4.78, 5) is 13.9. The van der Waals surface area contributed by atoms with Crippen LogP contribution in [0.2, 0.25) is 0 Å². The highest BCUT2D eigenvalue weighted by Gasteiger charge is 2.37. The zero-order valence-electron chi connectivity index (χ0n) is 12.8. The van der Waals surface area contributed by atoms with Crippen LogP contribution in [0.15, 0.2) is 60.7 Å². The average molecular weight is 295 g/mol. The maximum atomic E-state index is 12.1. The molecule has 0 unspecified atom stereocenters. The fraction of sp³-hybridized carbons (Fsp3) is 0.316. The Hall–Kier alpha value is -2.29. The van der Waals surface area contributed by atoms with Crippen molar-refractivity contribution in [1.29, 1.82) is 0 Å². The summed E-state index contributed by atoms with van der Waals surface area (Å²) in [5.74, 6) is 0.626. The summed E-state index contributed by atoms with van der Waals surface area (Å²) in [5, 5.41) is 0. The second-order valence-electron chi connectivity index (χ2n) is 5.64. The minimum absolute atomic E-state index is 0.207. The molecule has 3 nitrogen and oxygen atoms in total. The van der Waals surface area contributed by atoms with Gasteiger partial charge in [-0.15, -0.1) is 0 Å². The predicted molar refractivity (Wildman–Crippen MR) is 87.0 cm³/mol. The van der Waals surface area contributed by atoms with Gasteiger partial charge in [0.1, 0.15) is 0 Å². The molecule has 1 amide bonds. The van der Waals surface area contributed by atoms with Gasteiger partial charge in [0.2, 0.25) is 0 Å². The lowest BCUT2D eigenvalue weighted by molar-refractivity contribution is 0.115. The summed E-state index contributed by atoms with van der Waals surface area (Å²) in [7, 11) is 0. The second-order valence-corrected chi connectivity index (χ2v) is 5.64. The molecule has 0 aromatic heterocycles. The van der Waals surface area contributed by atoms with Crippen LogP contribution < -0.4 is 0 Å². The molecule has 114 valence electrons. The van der Waals surface area contributed by atoms with Crippen LogP contribution in [-0.2, 0) is 4.74 Å². The first-order chi connectivity index (χ1) is 10.8. The second kappa shape index (κ2) is 6.65. The number of carbonyl (C=O) groups excluding carboxylic acids is 1. The van der Waals surface area contributed by atoms with Crippen molar-refractivity contribution in [2.24, 2.45) is 0 Å². The van der Waals surface area contributed by atoms with E-state index in [1.54, 1.807) is 0 Å². The van der Waals surface area contributed by atoms with E-state index >= 15 is 0 Å². The number of rotatable bonds is 3. The quantitative estimate of drug-likeness (QED) is 0.855. The van der Waals surface area contributed by atoms with Gasteiger partial charge in [0.25, 0.3) is 0 Å². The first kappa shape index (κ1) is 14.6. The third kappa shape index (κ3) is 2.98. The smallest absolute Gasteiger partial charge is 0.409 e. The van der Waals surface area contributed by atoms with E-state index in [1.807, 2.05) is 24.0 Å². The van der Waals surface area contributed by atoms with Crippen LogP contribution in [0, 0.1) is 0 Å². The number of amides is 1. The number of hydrogen-bond acceptors (Lipinski definition) is 2. The zero-order valence-corrected chi connectivity index (χ0v) is 12.8. The lowest BCUT2D eigenvalue weighted by Gasteiger charge is -2.18. The van der Waals surface area contributed by atoms with Crippen LogP contribution in [0.5, 0.6) is 0 Å². The third-order valence-electron chi connectivity index (χ3n) is 4.30. The van der Waals surface area contributed by atoms with Crippen molar-refractivity contribution in [3.05, 3.63) is 71.8 Å². The van der Waals surface area contributed by atoms with Crippen LogP contribution in [0.3, 0.4) is 0 Å². The SMILES string of the molecule is CCOC(=O)N1C[C@H](c2ccccc2)[C@@H](c2ccccc2)C1. The summed E-state index contributed by atoms with van der Waals surface area (Å²) < 4.78 is 5.18. The van der Waals surface area contributed by atoms with Gasteiger partial charge < -0.3 is 9.64 Å². The van der Waals surface area contributed by atoms with Gasteiger partial charge in [-0.1, -0.05) is 60.7 Å². The molecule has 3 rings (SSSR count). The number of benzene rings is 2. The number of carbonyl (C=O) groups is 1. The van der Waals surface area contributed by atoms with E-state index in [-0.39, 0.29) is 6.09 Å². The van der Waals surface area contributed by atoms with Gasteiger partial charge in [-0.2, -0.15) is 0 Å². The minimum Gasteiger partial charge on any atom is -0.450 e. The van der Waals surface area contributed by atoms with E-state index in [0.29, 0.717) is 31.5 Å². The first-order valence-corrected chi connectivity index (χ1v) is 7.81. The van der Waals surface area contributed by atoms with Crippen LogP contribution in [0.1, 0.15) is 29.9 Å². The molecule has 2 aromatic carbocycles. The number of hydrogen-bond donors (Lipinski definition) is 0. The molecule has 2 atom stereocenters. The van der Waals surface area contributed by atoms with E-state index in [2.05, 4.69) is 48.5 Å². The van der Waals surface area contributed by atoms with Crippen molar-refractivity contribution in [3.63, 3.8) is 0 Å². The number of ether oxygens (including phenoxy) is 1. The molecule has 1 aliphatic heterocycles. The van der Waals surface area contributed by atoms with Gasteiger partial charge in [-0.05, 0) is 18.1 Å². The highest BCUT2D eigenvalue weighted by Crippen LogP contribution is 2.39. The molecular formula is C19H21NO2. The molecule has 2 aromatic rings. The molecule has 0 aliphatic carbocycles. The van der Waals surface area contributed by atoms with Crippen molar-refractivity contribution in [2.75, 3.05) is 19.7 Å². The van der Waals surface area contributed by atoms with Gasteiger partial charge >= 0.3 is 6.09 Å². The van der Waals surface area contributed by atoms with Crippen molar-refractivity contribution in [3.8, 4) is 0 Å². The van der Waals surface area contributed by atoms with Crippen LogP contribution in [-0.4, -0.2) is 30.7 Å². The van der Waals surface area contributed by atoms with E-state index in [9.17, 15) is 4.79 Å². The maximum absolute atomic E-state index is 12.1. The summed E-state index contributed by atoms with van der Waals surface area (Å²) in [5.41, 5.74) is 2.56. The number of likely N-dealkylation sites (tertiary alicyclic amines) is 1. The Labute approximate surface area is 131 Å². The van der Waals surface area contributed by atoms with Crippen molar-refractivity contribution in [1.82, 2.24) is 4.90 Å². The minimum atomic E-state index is -0.207. The highest BCUT2D eigenvalue weighted by atomic mass is 16.6. The van der Waals surface area contributed by atoms with E-state index in [4.69, 9.17) is 4.74 Å². The zero-order chi connectivity index (χ0) is 15.4. The Morgan fingerprint density at radius 3 is 1.82 bits per heavy atom. The Morgan fingerprint density at radius 1 is 0.955 bits per heavy atom. The van der Waals surface area contributed by atoms with E-state index in [1.165, 1.54) is 11.1 Å². The maximum Gasteiger partial charge on any atom is 0.409 e. The van der Waals surface area contributed by atoms with Crippen LogP contribution in [0.4, 0.5) is 4.79 Å². The summed E-state index contributed by atoms with van der Waals surface area (Å²) in [6.45, 7) is 3.68. The topological polar surface area (TPSA) is 29.5 Å². The largest absolute Gasteiger partial charge is 0.450 e. The van der Waals surface area contributed by atoms with E-state index in [0.717, 1.165) is 0 Å². The van der Waals surface area contributed by atoms with Gasteiger partial charge in [0.05, 0.1) is 6.61 Å². The fourth-order valence-corrected chi connectivity index (χ4v) is 3.24. The molecule has 0 saturated carbocycles. The lowest BCUT2D eigenvalue weighted by atomic mass is 9.84. The van der Waals surface area contributed by atoms with Gasteiger partial charge in [-0.3, -0.25) is 0 Å². The summed E-state index contributed by atoms with van der Waals surface area (Å²) in [6, 6.07) is 20.9. The molecule has 3 heteroatoms. The molecule has 1 fully saturated rings. The Bertz CT molecular complexity index is 564.